The molecule has 1 heterocycles. The van der Waals surface area contributed by atoms with E-state index in [2.05, 4.69) is 11.9 Å². The third-order valence-electron chi connectivity index (χ3n) is 3.29. The van der Waals surface area contributed by atoms with E-state index in [1.54, 1.807) is 0 Å². The molecule has 20 heavy (non-hydrogen) atoms. The van der Waals surface area contributed by atoms with E-state index in [1.807, 2.05) is 44.2 Å². The van der Waals surface area contributed by atoms with E-state index in [-0.39, 0.29) is 17.5 Å². The number of carbonyl (C=O) groups is 2. The summed E-state index contributed by atoms with van der Waals surface area (Å²) in [5, 5.41) is 2.74. The molecule has 1 atom stereocenters. The quantitative estimate of drug-likeness (QED) is 0.849. The third-order valence-corrected chi connectivity index (χ3v) is 3.29. The van der Waals surface area contributed by atoms with E-state index >= 15 is 0 Å². The van der Waals surface area contributed by atoms with Gasteiger partial charge in [-0.3, -0.25) is 9.59 Å². The van der Waals surface area contributed by atoms with Crippen LogP contribution in [0.4, 0.5) is 0 Å². The second-order valence-corrected chi connectivity index (χ2v) is 5.51. The summed E-state index contributed by atoms with van der Waals surface area (Å²) in [5.41, 5.74) is 1.27. The molecule has 4 heteroatoms. The molecule has 1 N–H and O–H groups in total. The molecule has 4 nitrogen and oxygen atoms in total. The van der Waals surface area contributed by atoms with Crippen LogP contribution in [0.5, 0.6) is 0 Å². The summed E-state index contributed by atoms with van der Waals surface area (Å²) in [6, 6.07) is 9.18. The number of carbonyl (C=O) groups excluding carboxylic acids is 2. The lowest BCUT2D eigenvalue weighted by atomic mass is 10.0. The van der Waals surface area contributed by atoms with E-state index in [9.17, 15) is 9.59 Å². The first-order chi connectivity index (χ1) is 9.49. The predicted octanol–water partition coefficient (Wildman–Crippen LogP) is 1.73. The van der Waals surface area contributed by atoms with Crippen LogP contribution in [-0.2, 0) is 16.0 Å². The molecule has 1 unspecified atom stereocenters. The number of nitrogens with one attached hydrogen (secondary N) is 1. The molecule has 0 aromatic heterocycles. The molecule has 0 aliphatic carbocycles. The normalized spacial score (nSPS) is 19.4. The van der Waals surface area contributed by atoms with Crippen molar-refractivity contribution >= 4 is 11.8 Å². The van der Waals surface area contributed by atoms with Gasteiger partial charge in [0.05, 0.1) is 0 Å². The lowest BCUT2D eigenvalue weighted by Gasteiger charge is -2.35. The molecule has 0 saturated carbocycles. The van der Waals surface area contributed by atoms with Gasteiger partial charge in [0.1, 0.15) is 11.7 Å². The van der Waals surface area contributed by atoms with Crippen molar-refractivity contribution in [3.63, 3.8) is 0 Å². The zero-order chi connectivity index (χ0) is 14.7. The van der Waals surface area contributed by atoms with Gasteiger partial charge in [0.2, 0.25) is 5.91 Å². The Labute approximate surface area is 119 Å². The van der Waals surface area contributed by atoms with Crippen molar-refractivity contribution in [3.05, 3.63) is 48.2 Å². The highest BCUT2D eigenvalue weighted by molar-refractivity contribution is 6.04. The number of nitrogens with zero attached hydrogens (tertiary/aromatic N) is 1. The summed E-state index contributed by atoms with van der Waals surface area (Å²) in [7, 11) is 0. The van der Waals surface area contributed by atoms with Crippen LogP contribution in [0, 0.1) is 5.92 Å². The first-order valence-electron chi connectivity index (χ1n) is 6.84. The fraction of sp³-hybridized carbons (Fsp3) is 0.375. The zero-order valence-electron chi connectivity index (χ0n) is 11.9. The Morgan fingerprint density at radius 2 is 1.90 bits per heavy atom. The summed E-state index contributed by atoms with van der Waals surface area (Å²) in [4.78, 5) is 25.9. The van der Waals surface area contributed by atoms with Crippen LogP contribution in [-0.4, -0.2) is 29.3 Å². The van der Waals surface area contributed by atoms with Gasteiger partial charge in [0.15, 0.2) is 0 Å². The summed E-state index contributed by atoms with van der Waals surface area (Å²) < 4.78 is 0. The van der Waals surface area contributed by atoms with E-state index in [1.165, 1.54) is 4.90 Å². The van der Waals surface area contributed by atoms with Crippen molar-refractivity contribution < 1.29 is 9.59 Å². The largest absolute Gasteiger partial charge is 0.339 e. The van der Waals surface area contributed by atoms with Crippen molar-refractivity contribution in [1.29, 1.82) is 0 Å². The SMILES string of the molecule is C=C1C(=O)NC(Cc2ccccc2)C(=O)N1CC(C)C. The number of benzene rings is 1. The molecule has 1 fully saturated rings. The molecule has 2 amide bonds. The fourth-order valence-electron chi connectivity index (χ4n) is 2.30. The minimum Gasteiger partial charge on any atom is -0.339 e. The highest BCUT2D eigenvalue weighted by Crippen LogP contribution is 2.17. The molecule has 1 aromatic rings. The fourth-order valence-corrected chi connectivity index (χ4v) is 2.30. The Hall–Kier alpha value is -2.10. The lowest BCUT2D eigenvalue weighted by Crippen LogP contribution is -2.57. The van der Waals surface area contributed by atoms with Crippen molar-refractivity contribution in [3.8, 4) is 0 Å². The average molecular weight is 272 g/mol. The van der Waals surface area contributed by atoms with Gasteiger partial charge in [0.25, 0.3) is 5.91 Å². The number of amides is 2. The zero-order valence-corrected chi connectivity index (χ0v) is 11.9. The Balaban J connectivity index is 2.16. The van der Waals surface area contributed by atoms with E-state index in [4.69, 9.17) is 0 Å². The van der Waals surface area contributed by atoms with Crippen LogP contribution in [0.3, 0.4) is 0 Å². The highest BCUT2D eigenvalue weighted by atomic mass is 16.2. The van der Waals surface area contributed by atoms with Gasteiger partial charge in [-0.05, 0) is 11.5 Å². The smallest absolute Gasteiger partial charge is 0.268 e. The van der Waals surface area contributed by atoms with E-state index in [0.717, 1.165) is 5.56 Å². The second kappa shape index (κ2) is 5.90. The van der Waals surface area contributed by atoms with Gasteiger partial charge in [0, 0.05) is 13.0 Å². The van der Waals surface area contributed by atoms with Crippen LogP contribution >= 0.6 is 0 Å². The molecule has 1 aliphatic rings. The van der Waals surface area contributed by atoms with Crippen LogP contribution in [0.15, 0.2) is 42.6 Å². The summed E-state index contributed by atoms with van der Waals surface area (Å²) in [5.74, 6) is -0.0442. The van der Waals surface area contributed by atoms with Gasteiger partial charge in [-0.2, -0.15) is 0 Å². The molecular weight excluding hydrogens is 252 g/mol. The summed E-state index contributed by atoms with van der Waals surface area (Å²) in [6.07, 6.45) is 0.507. The molecular formula is C16H20N2O2. The average Bonchev–Trinajstić information content (AvgIpc) is 2.42. The molecule has 0 bridgehead atoms. The van der Waals surface area contributed by atoms with Crippen LogP contribution in [0.2, 0.25) is 0 Å². The first kappa shape index (κ1) is 14.3. The van der Waals surface area contributed by atoms with E-state index < -0.39 is 6.04 Å². The Morgan fingerprint density at radius 1 is 1.25 bits per heavy atom. The number of hydrogen-bond acceptors (Lipinski definition) is 2. The maximum atomic E-state index is 12.5. The standard InChI is InChI=1S/C16H20N2O2/c1-11(2)10-18-12(3)15(19)17-14(16(18)20)9-13-7-5-4-6-8-13/h4-8,11,14H,3,9-10H2,1-2H3,(H,17,19). The van der Waals surface area contributed by atoms with E-state index in [0.29, 0.717) is 18.9 Å². The summed E-state index contributed by atoms with van der Waals surface area (Å²) in [6.45, 7) is 8.27. The van der Waals surface area contributed by atoms with Crippen molar-refractivity contribution in [2.24, 2.45) is 5.92 Å². The van der Waals surface area contributed by atoms with Crippen molar-refractivity contribution in [2.75, 3.05) is 6.54 Å². The Kier molecular flexibility index (Phi) is 4.23. The van der Waals surface area contributed by atoms with Crippen molar-refractivity contribution in [2.45, 2.75) is 26.3 Å². The van der Waals surface area contributed by atoms with Gasteiger partial charge < -0.3 is 10.2 Å². The van der Waals surface area contributed by atoms with Crippen molar-refractivity contribution in [1.82, 2.24) is 10.2 Å². The number of rotatable bonds is 4. The maximum absolute atomic E-state index is 12.5. The van der Waals surface area contributed by atoms with Crippen LogP contribution in [0.1, 0.15) is 19.4 Å². The molecule has 0 spiro atoms. The van der Waals surface area contributed by atoms with Gasteiger partial charge in [-0.15, -0.1) is 0 Å². The number of hydrogen-bond donors (Lipinski definition) is 1. The third kappa shape index (κ3) is 3.07. The molecule has 0 radical (unpaired) electrons. The minimum atomic E-state index is -0.505. The molecule has 1 saturated heterocycles. The topological polar surface area (TPSA) is 49.4 Å². The lowest BCUT2D eigenvalue weighted by molar-refractivity contribution is -0.140. The van der Waals surface area contributed by atoms with Crippen LogP contribution in [0.25, 0.3) is 0 Å². The Bertz CT molecular complexity index is 523. The van der Waals surface area contributed by atoms with Gasteiger partial charge in [-0.25, -0.2) is 0 Å². The molecule has 1 aromatic carbocycles. The molecule has 2 rings (SSSR count). The van der Waals surface area contributed by atoms with Crippen LogP contribution < -0.4 is 5.32 Å². The molecule has 106 valence electrons. The highest BCUT2D eigenvalue weighted by Gasteiger charge is 2.35. The summed E-state index contributed by atoms with van der Waals surface area (Å²) >= 11 is 0. The second-order valence-electron chi connectivity index (χ2n) is 5.51. The molecule has 1 aliphatic heterocycles. The van der Waals surface area contributed by atoms with Gasteiger partial charge in [-0.1, -0.05) is 50.8 Å². The predicted molar refractivity (Wildman–Crippen MR) is 77.8 cm³/mol. The Morgan fingerprint density at radius 3 is 2.50 bits per heavy atom. The minimum absolute atomic E-state index is 0.0767. The first-order valence-corrected chi connectivity index (χ1v) is 6.84. The van der Waals surface area contributed by atoms with Gasteiger partial charge >= 0.3 is 0 Å². The monoisotopic (exact) mass is 272 g/mol. The maximum Gasteiger partial charge on any atom is 0.268 e. The number of piperazine rings is 1.